The van der Waals surface area contributed by atoms with Crippen LogP contribution in [-0.4, -0.2) is 24.8 Å². The predicted octanol–water partition coefficient (Wildman–Crippen LogP) is 7.15. The standard InChI is InChI=1S/C25H44O4S/c1-4-6-8-10-12-14-16-23-18-19-25(29-21-22(3)30(26,27)28)20-24(23)17-15-13-11-9-7-5-2/h18-20,22H,4-17,21H2,1-3H3,(H,26,27,28). The molecule has 0 heterocycles. The van der Waals surface area contributed by atoms with E-state index in [0.29, 0.717) is 5.75 Å². The van der Waals surface area contributed by atoms with Crippen LogP contribution in [0.1, 0.15) is 109 Å². The monoisotopic (exact) mass is 440 g/mol. The molecule has 1 rings (SSSR count). The topological polar surface area (TPSA) is 63.6 Å². The van der Waals surface area contributed by atoms with Crippen molar-refractivity contribution in [2.75, 3.05) is 6.61 Å². The van der Waals surface area contributed by atoms with Gasteiger partial charge in [-0.05, 0) is 55.9 Å². The molecule has 0 aliphatic rings. The first-order chi connectivity index (χ1) is 14.4. The van der Waals surface area contributed by atoms with Gasteiger partial charge in [-0.25, -0.2) is 0 Å². The molecule has 0 aliphatic heterocycles. The first-order valence-electron chi connectivity index (χ1n) is 12.1. The highest BCUT2D eigenvalue weighted by Gasteiger charge is 2.18. The van der Waals surface area contributed by atoms with Gasteiger partial charge in [0.2, 0.25) is 0 Å². The highest BCUT2D eigenvalue weighted by atomic mass is 32.2. The second-order valence-corrected chi connectivity index (χ2v) is 10.4. The largest absolute Gasteiger partial charge is 0.492 e. The summed E-state index contributed by atoms with van der Waals surface area (Å²) in [5, 5.41) is -0.928. The van der Waals surface area contributed by atoms with E-state index < -0.39 is 15.4 Å². The van der Waals surface area contributed by atoms with Crippen molar-refractivity contribution in [3.05, 3.63) is 29.3 Å². The number of unbranched alkanes of at least 4 members (excludes halogenated alkanes) is 10. The lowest BCUT2D eigenvalue weighted by Crippen LogP contribution is -2.24. The van der Waals surface area contributed by atoms with Crippen LogP contribution in [0.3, 0.4) is 0 Å². The molecule has 0 aromatic heterocycles. The summed E-state index contributed by atoms with van der Waals surface area (Å²) in [6, 6.07) is 6.16. The lowest BCUT2D eigenvalue weighted by molar-refractivity contribution is 0.310. The van der Waals surface area contributed by atoms with Gasteiger partial charge in [0.25, 0.3) is 10.1 Å². The molecule has 0 saturated carbocycles. The average molecular weight is 441 g/mol. The van der Waals surface area contributed by atoms with Gasteiger partial charge in [-0.3, -0.25) is 4.55 Å². The number of benzene rings is 1. The zero-order valence-corrected chi connectivity index (χ0v) is 20.3. The van der Waals surface area contributed by atoms with E-state index in [9.17, 15) is 8.42 Å². The normalized spacial score (nSPS) is 12.8. The van der Waals surface area contributed by atoms with Crippen LogP contribution in [0, 0.1) is 0 Å². The minimum absolute atomic E-state index is 0.0356. The highest BCUT2D eigenvalue weighted by molar-refractivity contribution is 7.86. The van der Waals surface area contributed by atoms with Gasteiger partial charge in [-0.15, -0.1) is 0 Å². The zero-order chi connectivity index (χ0) is 22.2. The van der Waals surface area contributed by atoms with Gasteiger partial charge in [-0.2, -0.15) is 8.42 Å². The first kappa shape index (κ1) is 27.0. The average Bonchev–Trinajstić information content (AvgIpc) is 2.71. The summed E-state index contributed by atoms with van der Waals surface area (Å²) < 4.78 is 37.2. The molecule has 4 nitrogen and oxygen atoms in total. The fraction of sp³-hybridized carbons (Fsp3) is 0.760. The molecule has 1 N–H and O–H groups in total. The summed E-state index contributed by atoms with van der Waals surface area (Å²) in [7, 11) is -4.06. The van der Waals surface area contributed by atoms with Crippen molar-refractivity contribution >= 4 is 10.1 Å². The fourth-order valence-electron chi connectivity index (χ4n) is 3.66. The number of ether oxygens (including phenoxy) is 1. The Morgan fingerprint density at radius 2 is 1.30 bits per heavy atom. The molecular formula is C25H44O4S. The van der Waals surface area contributed by atoms with E-state index in [4.69, 9.17) is 9.29 Å². The van der Waals surface area contributed by atoms with Crippen LogP contribution in [-0.2, 0) is 23.0 Å². The Morgan fingerprint density at radius 3 is 1.83 bits per heavy atom. The van der Waals surface area contributed by atoms with Crippen molar-refractivity contribution < 1.29 is 17.7 Å². The molecule has 1 aromatic carbocycles. The van der Waals surface area contributed by atoms with Gasteiger partial charge in [0.15, 0.2) is 0 Å². The fourth-order valence-corrected chi connectivity index (χ4v) is 3.90. The molecule has 174 valence electrons. The van der Waals surface area contributed by atoms with E-state index in [1.165, 1.54) is 95.1 Å². The summed E-state index contributed by atoms with van der Waals surface area (Å²) in [6.45, 7) is 5.91. The van der Waals surface area contributed by atoms with Gasteiger partial charge in [0, 0.05) is 0 Å². The Labute approximate surface area is 185 Å². The SMILES string of the molecule is CCCCCCCCc1ccc(OCC(C)S(=O)(=O)O)cc1CCCCCCCC. The van der Waals surface area contributed by atoms with E-state index in [0.717, 1.165) is 12.8 Å². The van der Waals surface area contributed by atoms with Crippen molar-refractivity contribution in [3.8, 4) is 5.75 Å². The van der Waals surface area contributed by atoms with Crippen LogP contribution in [0.2, 0.25) is 0 Å². The molecule has 1 atom stereocenters. The number of hydrogen-bond acceptors (Lipinski definition) is 3. The molecule has 0 spiro atoms. The molecule has 5 heteroatoms. The van der Waals surface area contributed by atoms with Crippen LogP contribution in [0.4, 0.5) is 0 Å². The Bertz CT molecular complexity index is 670. The van der Waals surface area contributed by atoms with Crippen LogP contribution in [0.5, 0.6) is 5.75 Å². The Balaban J connectivity index is 2.64. The van der Waals surface area contributed by atoms with Gasteiger partial charge in [-0.1, -0.05) is 84.1 Å². The zero-order valence-electron chi connectivity index (χ0n) is 19.5. The molecule has 0 amide bonds. The maximum Gasteiger partial charge on any atom is 0.270 e. The van der Waals surface area contributed by atoms with Crippen LogP contribution in [0.15, 0.2) is 18.2 Å². The number of hydrogen-bond donors (Lipinski definition) is 1. The van der Waals surface area contributed by atoms with Crippen LogP contribution in [0.25, 0.3) is 0 Å². The summed E-state index contributed by atoms with van der Waals surface area (Å²) in [5.74, 6) is 0.693. The van der Waals surface area contributed by atoms with Gasteiger partial charge >= 0.3 is 0 Å². The van der Waals surface area contributed by atoms with Gasteiger partial charge in [0.05, 0.1) is 0 Å². The van der Waals surface area contributed by atoms with Crippen molar-refractivity contribution in [1.29, 1.82) is 0 Å². The van der Waals surface area contributed by atoms with Gasteiger partial charge in [0.1, 0.15) is 17.6 Å². The maximum atomic E-state index is 11.2. The number of rotatable bonds is 18. The molecule has 1 aromatic rings. The minimum atomic E-state index is -4.06. The van der Waals surface area contributed by atoms with E-state index in [1.54, 1.807) is 0 Å². The summed E-state index contributed by atoms with van der Waals surface area (Å²) in [6.07, 6.45) is 17.5. The molecule has 0 saturated heterocycles. The third kappa shape index (κ3) is 11.9. The van der Waals surface area contributed by atoms with Gasteiger partial charge < -0.3 is 4.74 Å². The first-order valence-corrected chi connectivity index (χ1v) is 13.6. The molecule has 0 radical (unpaired) electrons. The second kappa shape index (κ2) is 15.7. The third-order valence-corrected chi connectivity index (χ3v) is 6.92. The second-order valence-electron chi connectivity index (χ2n) is 8.60. The Hall–Kier alpha value is -1.07. The lowest BCUT2D eigenvalue weighted by Gasteiger charge is -2.15. The van der Waals surface area contributed by atoms with E-state index in [1.807, 2.05) is 6.07 Å². The molecule has 1 unspecified atom stereocenters. The maximum absolute atomic E-state index is 11.2. The van der Waals surface area contributed by atoms with Crippen molar-refractivity contribution in [1.82, 2.24) is 0 Å². The quantitative estimate of drug-likeness (QED) is 0.194. The summed E-state index contributed by atoms with van der Waals surface area (Å²) >= 11 is 0. The lowest BCUT2D eigenvalue weighted by atomic mass is 9.96. The van der Waals surface area contributed by atoms with E-state index in [-0.39, 0.29) is 6.61 Å². The summed E-state index contributed by atoms with van der Waals surface area (Å²) in [4.78, 5) is 0. The van der Waals surface area contributed by atoms with Crippen LogP contribution >= 0.6 is 0 Å². The van der Waals surface area contributed by atoms with Crippen molar-refractivity contribution in [2.45, 2.75) is 116 Å². The molecule has 0 aliphatic carbocycles. The Kier molecular flexibility index (Phi) is 14.1. The van der Waals surface area contributed by atoms with Crippen molar-refractivity contribution in [3.63, 3.8) is 0 Å². The molecule has 0 fully saturated rings. The molecule has 30 heavy (non-hydrogen) atoms. The summed E-state index contributed by atoms with van der Waals surface area (Å²) in [5.41, 5.74) is 2.73. The van der Waals surface area contributed by atoms with Crippen molar-refractivity contribution in [2.24, 2.45) is 0 Å². The van der Waals surface area contributed by atoms with E-state index >= 15 is 0 Å². The Morgan fingerprint density at radius 1 is 0.800 bits per heavy atom. The minimum Gasteiger partial charge on any atom is -0.492 e. The number of aryl methyl sites for hydroxylation is 2. The third-order valence-electron chi connectivity index (χ3n) is 5.77. The van der Waals surface area contributed by atoms with E-state index in [2.05, 4.69) is 26.0 Å². The van der Waals surface area contributed by atoms with Crippen LogP contribution < -0.4 is 4.74 Å². The smallest absolute Gasteiger partial charge is 0.270 e. The predicted molar refractivity (Wildman–Crippen MR) is 127 cm³/mol. The molecular weight excluding hydrogens is 396 g/mol. The highest BCUT2D eigenvalue weighted by Crippen LogP contribution is 2.23. The molecule has 0 bridgehead atoms.